The third kappa shape index (κ3) is 3.16. The molecule has 142 valence electrons. The minimum Gasteiger partial charge on any atom is -0.310 e. The van der Waals surface area contributed by atoms with Crippen molar-refractivity contribution in [2.24, 2.45) is 0 Å². The Labute approximate surface area is 164 Å². The van der Waals surface area contributed by atoms with E-state index >= 15 is 0 Å². The topological polar surface area (TPSA) is 110 Å². The molecule has 0 saturated carbocycles. The molecule has 0 unspecified atom stereocenters. The van der Waals surface area contributed by atoms with Gasteiger partial charge in [-0.15, -0.1) is 0 Å². The molecule has 4 rings (SSSR count). The smallest absolute Gasteiger partial charge is 0.263 e. The highest BCUT2D eigenvalue weighted by atomic mass is 35.5. The predicted molar refractivity (Wildman–Crippen MR) is 105 cm³/mol. The van der Waals surface area contributed by atoms with Crippen LogP contribution in [0.5, 0.6) is 0 Å². The number of anilines is 1. The number of hydrogen-bond donors (Lipinski definition) is 2. The highest BCUT2D eigenvalue weighted by molar-refractivity contribution is 6.30. The van der Waals surface area contributed by atoms with Crippen molar-refractivity contribution in [3.05, 3.63) is 57.6 Å². The standard InChI is InChI=1S/C18H16ClN7O2/c1-3-15(27)21-14-7-10(2)24-26(14)18-22-16-13(17(28)23-18)9-20-25(16)12-6-4-5-11(19)8-12/h4-9H,3H2,1-2H3,(H,21,27)(H,22,23,28). The van der Waals surface area contributed by atoms with Gasteiger partial charge < -0.3 is 5.32 Å². The van der Waals surface area contributed by atoms with Crippen molar-refractivity contribution in [2.45, 2.75) is 20.3 Å². The van der Waals surface area contributed by atoms with Gasteiger partial charge >= 0.3 is 0 Å². The number of nitrogens with zero attached hydrogens (tertiary/aromatic N) is 5. The van der Waals surface area contributed by atoms with Crippen molar-refractivity contribution in [1.82, 2.24) is 29.5 Å². The van der Waals surface area contributed by atoms with Crippen molar-refractivity contribution < 1.29 is 4.79 Å². The van der Waals surface area contributed by atoms with Crippen LogP contribution in [0.25, 0.3) is 22.7 Å². The minimum atomic E-state index is -0.366. The largest absolute Gasteiger partial charge is 0.310 e. The fourth-order valence-electron chi connectivity index (χ4n) is 2.79. The summed E-state index contributed by atoms with van der Waals surface area (Å²) < 4.78 is 2.92. The van der Waals surface area contributed by atoms with E-state index in [2.05, 4.69) is 25.5 Å². The first-order chi connectivity index (χ1) is 13.5. The fourth-order valence-corrected chi connectivity index (χ4v) is 2.97. The van der Waals surface area contributed by atoms with Gasteiger partial charge in [0.25, 0.3) is 5.56 Å². The molecule has 0 aliphatic carbocycles. The van der Waals surface area contributed by atoms with Gasteiger partial charge in [-0.3, -0.25) is 14.6 Å². The van der Waals surface area contributed by atoms with Gasteiger partial charge in [-0.2, -0.15) is 19.9 Å². The summed E-state index contributed by atoms with van der Waals surface area (Å²) in [7, 11) is 0. The van der Waals surface area contributed by atoms with Gasteiger partial charge in [0.05, 0.1) is 17.6 Å². The molecule has 0 aliphatic rings. The summed E-state index contributed by atoms with van der Waals surface area (Å²) in [6.45, 7) is 3.53. The number of carbonyl (C=O) groups excluding carboxylic acids is 1. The number of hydrogen-bond acceptors (Lipinski definition) is 5. The fraction of sp³-hybridized carbons (Fsp3) is 0.167. The molecule has 1 amide bonds. The molecule has 0 saturated heterocycles. The van der Waals surface area contributed by atoms with Crippen LogP contribution in [0.2, 0.25) is 5.02 Å². The lowest BCUT2D eigenvalue weighted by Crippen LogP contribution is -2.18. The van der Waals surface area contributed by atoms with Gasteiger partial charge in [0.2, 0.25) is 11.9 Å². The number of carbonyl (C=O) groups is 1. The zero-order valence-electron chi connectivity index (χ0n) is 15.1. The Morgan fingerprint density at radius 3 is 2.86 bits per heavy atom. The summed E-state index contributed by atoms with van der Waals surface area (Å²) in [5, 5.41) is 12.2. The summed E-state index contributed by atoms with van der Waals surface area (Å²) in [5.41, 5.74) is 1.32. The number of rotatable bonds is 4. The van der Waals surface area contributed by atoms with Gasteiger partial charge in [0, 0.05) is 17.5 Å². The van der Waals surface area contributed by atoms with Crippen molar-refractivity contribution in [1.29, 1.82) is 0 Å². The lowest BCUT2D eigenvalue weighted by Gasteiger charge is -2.08. The third-order valence-electron chi connectivity index (χ3n) is 4.10. The number of aromatic amines is 1. The molecule has 10 heteroatoms. The minimum absolute atomic E-state index is 0.167. The maximum Gasteiger partial charge on any atom is 0.263 e. The van der Waals surface area contributed by atoms with Crippen LogP contribution in [0.15, 0.2) is 41.3 Å². The maximum absolute atomic E-state index is 12.6. The van der Waals surface area contributed by atoms with Crippen LogP contribution < -0.4 is 10.9 Å². The number of benzene rings is 1. The van der Waals surface area contributed by atoms with E-state index in [0.717, 1.165) is 0 Å². The van der Waals surface area contributed by atoms with E-state index in [0.29, 0.717) is 39.7 Å². The first-order valence-electron chi connectivity index (χ1n) is 8.57. The van der Waals surface area contributed by atoms with Crippen LogP contribution in [0.4, 0.5) is 5.82 Å². The number of amides is 1. The van der Waals surface area contributed by atoms with Crippen LogP contribution in [0.3, 0.4) is 0 Å². The molecule has 0 spiro atoms. The summed E-state index contributed by atoms with van der Waals surface area (Å²) in [5.74, 6) is 0.412. The zero-order valence-corrected chi connectivity index (χ0v) is 15.9. The van der Waals surface area contributed by atoms with Gasteiger partial charge in [-0.1, -0.05) is 24.6 Å². The summed E-state index contributed by atoms with van der Waals surface area (Å²) >= 11 is 6.07. The molecule has 4 aromatic rings. The van der Waals surface area contributed by atoms with Crippen LogP contribution in [-0.2, 0) is 4.79 Å². The van der Waals surface area contributed by atoms with E-state index < -0.39 is 0 Å². The Kier molecular flexibility index (Phi) is 4.44. The van der Waals surface area contributed by atoms with E-state index in [1.807, 2.05) is 6.07 Å². The average Bonchev–Trinajstić information content (AvgIpc) is 3.25. The zero-order chi connectivity index (χ0) is 19.8. The molecular weight excluding hydrogens is 382 g/mol. The number of halogens is 1. The van der Waals surface area contributed by atoms with Crippen LogP contribution in [-0.4, -0.2) is 35.4 Å². The summed E-state index contributed by atoms with van der Waals surface area (Å²) in [6, 6.07) is 8.77. The van der Waals surface area contributed by atoms with E-state index in [1.165, 1.54) is 15.6 Å². The highest BCUT2D eigenvalue weighted by Gasteiger charge is 2.16. The number of aromatic nitrogens is 6. The third-order valence-corrected chi connectivity index (χ3v) is 4.33. The van der Waals surface area contributed by atoms with Crippen molar-refractivity contribution in [3.63, 3.8) is 0 Å². The van der Waals surface area contributed by atoms with E-state index in [-0.39, 0.29) is 17.4 Å². The maximum atomic E-state index is 12.6. The van der Waals surface area contributed by atoms with Crippen molar-refractivity contribution in [3.8, 4) is 11.6 Å². The second kappa shape index (κ2) is 6.93. The van der Waals surface area contributed by atoms with Gasteiger partial charge in [-0.05, 0) is 25.1 Å². The first kappa shape index (κ1) is 17.9. The van der Waals surface area contributed by atoms with Crippen molar-refractivity contribution >= 4 is 34.4 Å². The lowest BCUT2D eigenvalue weighted by atomic mass is 10.3. The molecule has 1 aromatic carbocycles. The molecule has 3 aromatic heterocycles. The van der Waals surface area contributed by atoms with Gasteiger partial charge in [0.1, 0.15) is 11.2 Å². The molecule has 0 bridgehead atoms. The average molecular weight is 398 g/mol. The Balaban J connectivity index is 1.90. The number of H-pyrrole nitrogens is 1. The second-order valence-electron chi connectivity index (χ2n) is 6.15. The monoisotopic (exact) mass is 397 g/mol. The van der Waals surface area contributed by atoms with Crippen LogP contribution >= 0.6 is 11.6 Å². The number of fused-ring (bicyclic) bond motifs is 1. The molecular formula is C18H16ClN7O2. The Hall–Kier alpha value is -3.46. The van der Waals surface area contributed by atoms with E-state index in [1.54, 1.807) is 38.1 Å². The lowest BCUT2D eigenvalue weighted by molar-refractivity contribution is -0.115. The first-order valence-corrected chi connectivity index (χ1v) is 8.95. The molecule has 0 radical (unpaired) electrons. The molecule has 2 N–H and O–H groups in total. The normalized spacial score (nSPS) is 11.1. The molecule has 0 atom stereocenters. The molecule has 28 heavy (non-hydrogen) atoms. The quantitative estimate of drug-likeness (QED) is 0.550. The molecule has 9 nitrogen and oxygen atoms in total. The van der Waals surface area contributed by atoms with Gasteiger partial charge in [-0.25, -0.2) is 4.68 Å². The van der Waals surface area contributed by atoms with E-state index in [4.69, 9.17) is 11.6 Å². The Morgan fingerprint density at radius 1 is 1.29 bits per heavy atom. The molecule has 3 heterocycles. The van der Waals surface area contributed by atoms with Crippen LogP contribution in [0.1, 0.15) is 19.0 Å². The number of nitrogens with one attached hydrogen (secondary N) is 2. The predicted octanol–water partition coefficient (Wildman–Crippen LogP) is 2.60. The Morgan fingerprint density at radius 2 is 2.11 bits per heavy atom. The Bertz CT molecular complexity index is 1250. The SMILES string of the molecule is CCC(=O)Nc1cc(C)nn1-c1nc2c(cnn2-c2cccc(Cl)c2)c(=O)[nH]1. The molecule has 0 fully saturated rings. The summed E-state index contributed by atoms with van der Waals surface area (Å²) in [6.07, 6.45) is 1.76. The second-order valence-corrected chi connectivity index (χ2v) is 6.58. The molecule has 0 aliphatic heterocycles. The number of aryl methyl sites for hydroxylation is 1. The summed E-state index contributed by atoms with van der Waals surface area (Å²) in [4.78, 5) is 31.6. The van der Waals surface area contributed by atoms with Crippen molar-refractivity contribution in [2.75, 3.05) is 5.32 Å². The highest BCUT2D eigenvalue weighted by Crippen LogP contribution is 2.20. The van der Waals surface area contributed by atoms with E-state index in [9.17, 15) is 9.59 Å². The van der Waals surface area contributed by atoms with Crippen LogP contribution in [0, 0.1) is 6.92 Å². The van der Waals surface area contributed by atoms with Gasteiger partial charge in [0.15, 0.2) is 5.65 Å².